The number of nitrogens with two attached hydrogens (primary N) is 1. The second-order valence-electron chi connectivity index (χ2n) is 5.90. The van der Waals surface area contributed by atoms with Gasteiger partial charge in [0.05, 0.1) is 0 Å². The molecule has 0 amide bonds. The van der Waals surface area contributed by atoms with Crippen molar-refractivity contribution >= 4 is 0 Å². The molecule has 1 aromatic rings. The summed E-state index contributed by atoms with van der Waals surface area (Å²) in [7, 11) is 0. The number of benzene rings is 1. The molecule has 0 radical (unpaired) electrons. The predicted molar refractivity (Wildman–Crippen MR) is 77.2 cm³/mol. The van der Waals surface area contributed by atoms with Crippen LogP contribution in [0.5, 0.6) is 0 Å². The van der Waals surface area contributed by atoms with E-state index in [0.717, 1.165) is 44.7 Å². The molecule has 1 aliphatic carbocycles. The number of hydrogen-bond donors (Lipinski definition) is 1. The van der Waals surface area contributed by atoms with Gasteiger partial charge < -0.3 is 5.73 Å². The van der Waals surface area contributed by atoms with E-state index >= 15 is 0 Å². The van der Waals surface area contributed by atoms with Gasteiger partial charge in [-0.05, 0) is 44.7 Å². The van der Waals surface area contributed by atoms with Gasteiger partial charge in [0.1, 0.15) is 5.82 Å². The maximum Gasteiger partial charge on any atom is 0.161 e. The summed E-state index contributed by atoms with van der Waals surface area (Å²) in [5.41, 5.74) is 6.13. The number of nitrogens with zero attached hydrogens (tertiary/aromatic N) is 1. The summed E-state index contributed by atoms with van der Waals surface area (Å²) in [5.74, 6) is -2.81. The standard InChI is InChI=1S/C16H23F3N2/c1-2-7-21(13-5-3-12(20)4-6-13)10-11-8-15(18)16(19)9-14(11)17/h8-9,12-13H,2-7,10,20H2,1H3. The first-order valence-electron chi connectivity index (χ1n) is 7.64. The van der Waals surface area contributed by atoms with Crippen LogP contribution in [0.3, 0.4) is 0 Å². The van der Waals surface area contributed by atoms with Gasteiger partial charge in [0.25, 0.3) is 0 Å². The van der Waals surface area contributed by atoms with Crippen molar-refractivity contribution < 1.29 is 13.2 Å². The molecule has 0 unspecified atom stereocenters. The van der Waals surface area contributed by atoms with E-state index in [1.54, 1.807) is 0 Å². The monoisotopic (exact) mass is 300 g/mol. The fraction of sp³-hybridized carbons (Fsp3) is 0.625. The average molecular weight is 300 g/mol. The van der Waals surface area contributed by atoms with Gasteiger partial charge in [0.2, 0.25) is 0 Å². The zero-order chi connectivity index (χ0) is 15.4. The summed E-state index contributed by atoms with van der Waals surface area (Å²) >= 11 is 0. The predicted octanol–water partition coefficient (Wildman–Crippen LogP) is 3.59. The summed E-state index contributed by atoms with van der Waals surface area (Å²) in [6.07, 6.45) is 4.82. The Morgan fingerprint density at radius 3 is 2.29 bits per heavy atom. The third kappa shape index (κ3) is 4.20. The molecule has 0 aromatic heterocycles. The molecule has 0 heterocycles. The SMILES string of the molecule is CCCN(Cc1cc(F)c(F)cc1F)C1CCC(N)CC1. The van der Waals surface area contributed by atoms with E-state index in [9.17, 15) is 13.2 Å². The third-order valence-electron chi connectivity index (χ3n) is 4.23. The van der Waals surface area contributed by atoms with E-state index in [1.807, 2.05) is 0 Å². The molecule has 1 aliphatic rings. The van der Waals surface area contributed by atoms with E-state index in [1.165, 1.54) is 0 Å². The highest BCUT2D eigenvalue weighted by atomic mass is 19.2. The van der Waals surface area contributed by atoms with E-state index < -0.39 is 17.5 Å². The lowest BCUT2D eigenvalue weighted by Crippen LogP contribution is -2.41. The Bertz CT molecular complexity index is 471. The van der Waals surface area contributed by atoms with E-state index in [2.05, 4.69) is 11.8 Å². The van der Waals surface area contributed by atoms with Gasteiger partial charge in [-0.3, -0.25) is 4.90 Å². The minimum Gasteiger partial charge on any atom is -0.328 e. The summed E-state index contributed by atoms with van der Waals surface area (Å²) in [6, 6.07) is 2.20. The van der Waals surface area contributed by atoms with Gasteiger partial charge in [0.15, 0.2) is 11.6 Å². The van der Waals surface area contributed by atoms with Crippen molar-refractivity contribution in [1.82, 2.24) is 4.90 Å². The Morgan fingerprint density at radius 1 is 1.05 bits per heavy atom. The minimum absolute atomic E-state index is 0.220. The van der Waals surface area contributed by atoms with Crippen LogP contribution in [0.4, 0.5) is 13.2 Å². The highest BCUT2D eigenvalue weighted by Crippen LogP contribution is 2.25. The molecule has 0 atom stereocenters. The molecule has 1 aromatic carbocycles. The summed E-state index contributed by atoms with van der Waals surface area (Å²) in [4.78, 5) is 2.17. The van der Waals surface area contributed by atoms with Gasteiger partial charge in [-0.2, -0.15) is 0 Å². The first kappa shape index (κ1) is 16.3. The Labute approximate surface area is 124 Å². The van der Waals surface area contributed by atoms with E-state index in [-0.39, 0.29) is 11.6 Å². The molecule has 0 spiro atoms. The van der Waals surface area contributed by atoms with Crippen LogP contribution in [0, 0.1) is 17.5 Å². The lowest BCUT2D eigenvalue weighted by Gasteiger charge is -2.36. The Hall–Kier alpha value is -1.07. The maximum absolute atomic E-state index is 13.8. The first-order chi connectivity index (χ1) is 10.0. The highest BCUT2D eigenvalue weighted by molar-refractivity contribution is 5.20. The number of rotatable bonds is 5. The fourth-order valence-corrected chi connectivity index (χ4v) is 3.05. The van der Waals surface area contributed by atoms with E-state index in [4.69, 9.17) is 5.73 Å². The molecule has 1 saturated carbocycles. The first-order valence-corrected chi connectivity index (χ1v) is 7.64. The second-order valence-corrected chi connectivity index (χ2v) is 5.90. The van der Waals surface area contributed by atoms with Crippen molar-refractivity contribution in [2.75, 3.05) is 6.54 Å². The molecule has 2 rings (SSSR count). The molecule has 2 N–H and O–H groups in total. The maximum atomic E-state index is 13.8. The second kappa shape index (κ2) is 7.27. The van der Waals surface area contributed by atoms with Gasteiger partial charge in [0, 0.05) is 30.3 Å². The highest BCUT2D eigenvalue weighted by Gasteiger charge is 2.25. The van der Waals surface area contributed by atoms with Crippen molar-refractivity contribution in [2.24, 2.45) is 5.73 Å². The van der Waals surface area contributed by atoms with Crippen molar-refractivity contribution in [3.63, 3.8) is 0 Å². The molecular formula is C16H23F3N2. The van der Waals surface area contributed by atoms with Gasteiger partial charge in [-0.25, -0.2) is 13.2 Å². The molecular weight excluding hydrogens is 277 g/mol. The lowest BCUT2D eigenvalue weighted by molar-refractivity contribution is 0.140. The smallest absolute Gasteiger partial charge is 0.161 e. The number of hydrogen-bond acceptors (Lipinski definition) is 2. The minimum atomic E-state index is -1.14. The van der Waals surface area contributed by atoms with Crippen LogP contribution in [0.15, 0.2) is 12.1 Å². The van der Waals surface area contributed by atoms with Gasteiger partial charge in [-0.15, -0.1) is 0 Å². The molecule has 2 nitrogen and oxygen atoms in total. The molecule has 5 heteroatoms. The van der Waals surface area contributed by atoms with Gasteiger partial charge in [-0.1, -0.05) is 6.92 Å². The number of halogens is 3. The zero-order valence-electron chi connectivity index (χ0n) is 12.4. The quantitative estimate of drug-likeness (QED) is 0.842. The van der Waals surface area contributed by atoms with Crippen LogP contribution in [0.1, 0.15) is 44.6 Å². The van der Waals surface area contributed by atoms with Gasteiger partial charge >= 0.3 is 0 Å². The lowest BCUT2D eigenvalue weighted by atomic mass is 9.90. The van der Waals surface area contributed by atoms with Crippen molar-refractivity contribution in [3.05, 3.63) is 35.1 Å². The van der Waals surface area contributed by atoms with Crippen LogP contribution in [0.2, 0.25) is 0 Å². The Kier molecular flexibility index (Phi) is 5.65. The Balaban J connectivity index is 2.10. The van der Waals surface area contributed by atoms with Crippen molar-refractivity contribution in [1.29, 1.82) is 0 Å². The van der Waals surface area contributed by atoms with Crippen LogP contribution in [-0.2, 0) is 6.54 Å². The largest absolute Gasteiger partial charge is 0.328 e. The molecule has 118 valence electrons. The van der Waals surface area contributed by atoms with Crippen molar-refractivity contribution in [3.8, 4) is 0 Å². The average Bonchev–Trinajstić information content (AvgIpc) is 2.45. The fourth-order valence-electron chi connectivity index (χ4n) is 3.05. The van der Waals surface area contributed by atoms with Crippen LogP contribution >= 0.6 is 0 Å². The van der Waals surface area contributed by atoms with Crippen molar-refractivity contribution in [2.45, 2.75) is 57.7 Å². The van der Waals surface area contributed by atoms with E-state index in [0.29, 0.717) is 18.7 Å². The molecule has 21 heavy (non-hydrogen) atoms. The topological polar surface area (TPSA) is 29.3 Å². The molecule has 0 aliphatic heterocycles. The van der Waals surface area contributed by atoms with Crippen LogP contribution in [0.25, 0.3) is 0 Å². The third-order valence-corrected chi connectivity index (χ3v) is 4.23. The molecule has 0 bridgehead atoms. The Morgan fingerprint density at radius 2 is 1.67 bits per heavy atom. The zero-order valence-corrected chi connectivity index (χ0v) is 12.4. The van der Waals surface area contributed by atoms with Crippen LogP contribution < -0.4 is 5.73 Å². The summed E-state index contributed by atoms with van der Waals surface area (Å²) in [6.45, 7) is 3.19. The van der Waals surface area contributed by atoms with Crippen LogP contribution in [-0.4, -0.2) is 23.5 Å². The molecule has 0 saturated heterocycles. The normalized spacial score (nSPS) is 22.8. The molecule has 1 fully saturated rings. The summed E-state index contributed by atoms with van der Waals surface area (Å²) < 4.78 is 40.1. The summed E-state index contributed by atoms with van der Waals surface area (Å²) in [5, 5.41) is 0.